The van der Waals surface area contributed by atoms with E-state index in [1.165, 1.54) is 0 Å². The maximum atomic E-state index is 12.1. The van der Waals surface area contributed by atoms with Crippen molar-refractivity contribution in [2.24, 2.45) is 5.92 Å². The third kappa shape index (κ3) is 3.47. The minimum absolute atomic E-state index is 0.0519. The van der Waals surface area contributed by atoms with Gasteiger partial charge in [-0.25, -0.2) is 4.79 Å². The van der Waals surface area contributed by atoms with Crippen molar-refractivity contribution in [3.63, 3.8) is 0 Å². The summed E-state index contributed by atoms with van der Waals surface area (Å²) in [7, 11) is 0. The summed E-state index contributed by atoms with van der Waals surface area (Å²) in [6.07, 6.45) is 1.40. The summed E-state index contributed by atoms with van der Waals surface area (Å²) in [5.41, 5.74) is 1.07. The Balaban J connectivity index is 1.91. The predicted molar refractivity (Wildman–Crippen MR) is 73.2 cm³/mol. The Labute approximate surface area is 116 Å². The summed E-state index contributed by atoms with van der Waals surface area (Å²) in [4.78, 5) is 24.7. The molecule has 6 heteroatoms. The summed E-state index contributed by atoms with van der Waals surface area (Å²) < 4.78 is 0. The van der Waals surface area contributed by atoms with Gasteiger partial charge in [0.25, 0.3) is 0 Å². The second-order valence-electron chi connectivity index (χ2n) is 4.85. The first kappa shape index (κ1) is 13.9. The molecule has 1 aromatic heterocycles. The number of aliphatic carboxylic acids is 1. The molecule has 0 spiro atoms. The minimum Gasteiger partial charge on any atom is -0.481 e. The van der Waals surface area contributed by atoms with E-state index in [0.29, 0.717) is 19.5 Å². The second-order valence-corrected chi connectivity index (χ2v) is 5.63. The Morgan fingerprint density at radius 2 is 2.37 bits per heavy atom. The lowest BCUT2D eigenvalue weighted by molar-refractivity contribution is -0.143. The number of carboxylic acid groups (broad SMARTS) is 1. The number of amides is 2. The fourth-order valence-corrected chi connectivity index (χ4v) is 3.00. The molecule has 2 heterocycles. The highest BCUT2D eigenvalue weighted by Gasteiger charge is 2.28. The Bertz CT molecular complexity index is 447. The van der Waals surface area contributed by atoms with Crippen LogP contribution in [0.4, 0.5) is 4.79 Å². The van der Waals surface area contributed by atoms with Crippen molar-refractivity contribution in [1.82, 2.24) is 10.2 Å². The fraction of sp³-hybridized carbons (Fsp3) is 0.538. The van der Waals surface area contributed by atoms with Crippen molar-refractivity contribution in [2.75, 3.05) is 13.1 Å². The number of urea groups is 1. The molecule has 2 N–H and O–H groups in total. The summed E-state index contributed by atoms with van der Waals surface area (Å²) in [6.45, 7) is 2.86. The third-order valence-electron chi connectivity index (χ3n) is 3.44. The number of piperidine rings is 1. The molecule has 2 amide bonds. The summed E-state index contributed by atoms with van der Waals surface area (Å²) in [5, 5.41) is 15.9. The van der Waals surface area contributed by atoms with Gasteiger partial charge in [-0.2, -0.15) is 11.3 Å². The van der Waals surface area contributed by atoms with E-state index in [9.17, 15) is 9.59 Å². The van der Waals surface area contributed by atoms with E-state index in [1.807, 2.05) is 23.8 Å². The van der Waals surface area contributed by atoms with E-state index in [1.54, 1.807) is 16.2 Å². The van der Waals surface area contributed by atoms with Gasteiger partial charge in [0.1, 0.15) is 0 Å². The molecule has 1 unspecified atom stereocenters. The van der Waals surface area contributed by atoms with Crippen LogP contribution >= 0.6 is 11.3 Å². The molecule has 1 aromatic rings. The number of nitrogens with one attached hydrogen (secondary N) is 1. The first-order valence-corrected chi connectivity index (χ1v) is 7.32. The number of thiophene rings is 1. The molecular formula is C13H18N2O3S. The van der Waals surface area contributed by atoms with Gasteiger partial charge in [0.2, 0.25) is 0 Å². The molecule has 0 saturated carbocycles. The molecule has 1 aliphatic rings. The van der Waals surface area contributed by atoms with Gasteiger partial charge in [-0.15, -0.1) is 0 Å². The highest BCUT2D eigenvalue weighted by molar-refractivity contribution is 7.07. The van der Waals surface area contributed by atoms with Crippen LogP contribution in [0.3, 0.4) is 0 Å². The van der Waals surface area contributed by atoms with Crippen LogP contribution in [0.5, 0.6) is 0 Å². The van der Waals surface area contributed by atoms with E-state index in [2.05, 4.69) is 5.32 Å². The van der Waals surface area contributed by atoms with Crippen LogP contribution in [0.25, 0.3) is 0 Å². The maximum absolute atomic E-state index is 12.1. The van der Waals surface area contributed by atoms with E-state index in [0.717, 1.165) is 12.0 Å². The first-order valence-electron chi connectivity index (χ1n) is 6.38. The average molecular weight is 282 g/mol. The summed E-state index contributed by atoms with van der Waals surface area (Å²) in [5.74, 6) is -1.25. The van der Waals surface area contributed by atoms with Crippen molar-refractivity contribution in [2.45, 2.75) is 25.8 Å². The van der Waals surface area contributed by atoms with Crippen molar-refractivity contribution < 1.29 is 14.7 Å². The quantitative estimate of drug-likeness (QED) is 0.894. The van der Waals surface area contributed by atoms with Gasteiger partial charge in [-0.1, -0.05) is 0 Å². The number of carbonyl (C=O) groups excluding carboxylic acids is 1. The Kier molecular flexibility index (Phi) is 4.42. The average Bonchev–Trinajstić information content (AvgIpc) is 2.92. The molecule has 2 atom stereocenters. The normalized spacial score (nSPS) is 20.9. The van der Waals surface area contributed by atoms with Crippen molar-refractivity contribution >= 4 is 23.3 Å². The number of hydrogen-bond donors (Lipinski definition) is 2. The first-order chi connectivity index (χ1) is 9.08. The molecule has 1 fully saturated rings. The van der Waals surface area contributed by atoms with Crippen LogP contribution in [-0.2, 0) is 4.79 Å². The molecule has 19 heavy (non-hydrogen) atoms. The van der Waals surface area contributed by atoms with Crippen LogP contribution < -0.4 is 5.32 Å². The summed E-state index contributed by atoms with van der Waals surface area (Å²) in [6, 6.07) is 1.75. The summed E-state index contributed by atoms with van der Waals surface area (Å²) >= 11 is 1.59. The Hall–Kier alpha value is -1.56. The van der Waals surface area contributed by atoms with Gasteiger partial charge in [0, 0.05) is 13.1 Å². The second kappa shape index (κ2) is 6.06. The number of nitrogens with zero attached hydrogens (tertiary/aromatic N) is 1. The highest BCUT2D eigenvalue weighted by Crippen LogP contribution is 2.19. The van der Waals surface area contributed by atoms with Crippen molar-refractivity contribution in [1.29, 1.82) is 0 Å². The zero-order valence-electron chi connectivity index (χ0n) is 10.8. The molecule has 0 aromatic carbocycles. The lowest BCUT2D eigenvalue weighted by Gasteiger charge is -2.31. The molecule has 5 nitrogen and oxygen atoms in total. The zero-order valence-corrected chi connectivity index (χ0v) is 11.7. The van der Waals surface area contributed by atoms with Gasteiger partial charge >= 0.3 is 12.0 Å². The number of hydrogen-bond acceptors (Lipinski definition) is 3. The van der Waals surface area contributed by atoms with E-state index in [4.69, 9.17) is 5.11 Å². The van der Waals surface area contributed by atoms with Gasteiger partial charge in [-0.3, -0.25) is 4.79 Å². The van der Waals surface area contributed by atoms with Crippen LogP contribution in [-0.4, -0.2) is 35.1 Å². The minimum atomic E-state index is -0.816. The molecule has 1 aliphatic heterocycles. The predicted octanol–water partition coefficient (Wildman–Crippen LogP) is 2.32. The molecule has 104 valence electrons. The Morgan fingerprint density at radius 1 is 1.58 bits per heavy atom. The third-order valence-corrected chi connectivity index (χ3v) is 4.14. The van der Waals surface area contributed by atoms with E-state index < -0.39 is 11.9 Å². The number of likely N-dealkylation sites (tertiary alicyclic amines) is 1. The Morgan fingerprint density at radius 3 is 3.00 bits per heavy atom. The molecule has 0 aliphatic carbocycles. The number of rotatable bonds is 3. The molecule has 0 bridgehead atoms. The topological polar surface area (TPSA) is 69.6 Å². The van der Waals surface area contributed by atoms with Crippen molar-refractivity contribution in [3.05, 3.63) is 22.4 Å². The molecule has 1 saturated heterocycles. The van der Waals surface area contributed by atoms with Gasteiger partial charge in [0.05, 0.1) is 12.0 Å². The van der Waals surface area contributed by atoms with Crippen LogP contribution in [0.15, 0.2) is 16.8 Å². The SMILES string of the molecule is CC(NC(=O)N1CCC[C@@H](C(=O)O)C1)c1ccsc1. The maximum Gasteiger partial charge on any atom is 0.317 e. The van der Waals surface area contributed by atoms with E-state index in [-0.39, 0.29) is 12.1 Å². The van der Waals surface area contributed by atoms with Crippen LogP contribution in [0.2, 0.25) is 0 Å². The number of carbonyl (C=O) groups is 2. The largest absolute Gasteiger partial charge is 0.481 e. The standard InChI is InChI=1S/C13H18N2O3S/c1-9(11-4-6-19-8-11)14-13(18)15-5-2-3-10(7-15)12(16)17/h4,6,8-10H,2-3,5,7H2,1H3,(H,14,18)(H,16,17)/t9?,10-/m1/s1. The van der Waals surface area contributed by atoms with Crippen LogP contribution in [0.1, 0.15) is 31.4 Å². The lowest BCUT2D eigenvalue weighted by atomic mass is 9.99. The molecule has 0 radical (unpaired) electrons. The van der Waals surface area contributed by atoms with Gasteiger partial charge in [0.15, 0.2) is 0 Å². The molecular weight excluding hydrogens is 264 g/mol. The van der Waals surface area contributed by atoms with E-state index >= 15 is 0 Å². The zero-order chi connectivity index (χ0) is 13.8. The molecule has 2 rings (SSSR count). The van der Waals surface area contributed by atoms with Gasteiger partial charge in [-0.05, 0) is 42.2 Å². The highest BCUT2D eigenvalue weighted by atomic mass is 32.1. The fourth-order valence-electron chi connectivity index (χ4n) is 2.24. The lowest BCUT2D eigenvalue weighted by Crippen LogP contribution is -2.47. The van der Waals surface area contributed by atoms with Crippen LogP contribution in [0, 0.1) is 5.92 Å². The van der Waals surface area contributed by atoms with Gasteiger partial charge < -0.3 is 15.3 Å². The number of carboxylic acids is 1. The smallest absolute Gasteiger partial charge is 0.317 e. The van der Waals surface area contributed by atoms with Crippen molar-refractivity contribution in [3.8, 4) is 0 Å². The monoisotopic (exact) mass is 282 g/mol.